The van der Waals surface area contributed by atoms with Crippen molar-refractivity contribution in [3.63, 3.8) is 0 Å². The van der Waals surface area contributed by atoms with Gasteiger partial charge in [0.25, 0.3) is 0 Å². The highest BCUT2D eigenvalue weighted by Gasteiger charge is 2.11. The van der Waals surface area contributed by atoms with Crippen molar-refractivity contribution in [2.75, 3.05) is 0 Å². The van der Waals surface area contributed by atoms with Crippen LogP contribution in [0.25, 0.3) is 0 Å². The van der Waals surface area contributed by atoms with Crippen molar-refractivity contribution < 1.29 is 9.21 Å². The number of halogens is 1. The standard InChI is InChI=1S/C13H11BrO2/c1-9-2-3-11(12(14)6-9)13(15)7-10-4-5-16-8-10/h2-6,8H,7H2,1H3. The lowest BCUT2D eigenvalue weighted by Gasteiger charge is -2.03. The molecule has 1 aromatic heterocycles. The Morgan fingerprint density at radius 2 is 2.19 bits per heavy atom. The Labute approximate surface area is 102 Å². The first kappa shape index (κ1) is 11.1. The summed E-state index contributed by atoms with van der Waals surface area (Å²) in [4.78, 5) is 12.0. The van der Waals surface area contributed by atoms with Gasteiger partial charge in [-0.25, -0.2) is 0 Å². The van der Waals surface area contributed by atoms with Gasteiger partial charge >= 0.3 is 0 Å². The molecule has 0 N–H and O–H groups in total. The van der Waals surface area contributed by atoms with Gasteiger partial charge in [-0.05, 0) is 36.2 Å². The average molecular weight is 279 g/mol. The van der Waals surface area contributed by atoms with Crippen molar-refractivity contribution in [2.24, 2.45) is 0 Å². The van der Waals surface area contributed by atoms with Crippen molar-refractivity contribution in [1.82, 2.24) is 0 Å². The second-order valence-electron chi connectivity index (χ2n) is 3.71. The smallest absolute Gasteiger partial charge is 0.168 e. The second-order valence-corrected chi connectivity index (χ2v) is 4.57. The minimum Gasteiger partial charge on any atom is -0.472 e. The molecule has 0 spiro atoms. The molecule has 0 aliphatic rings. The fraction of sp³-hybridized carbons (Fsp3) is 0.154. The van der Waals surface area contributed by atoms with Crippen molar-refractivity contribution >= 4 is 21.7 Å². The van der Waals surface area contributed by atoms with Crippen molar-refractivity contribution in [1.29, 1.82) is 0 Å². The van der Waals surface area contributed by atoms with Gasteiger partial charge in [-0.2, -0.15) is 0 Å². The van der Waals surface area contributed by atoms with Crippen LogP contribution in [0, 0.1) is 6.92 Å². The number of ketones is 1. The van der Waals surface area contributed by atoms with Crippen LogP contribution in [0.15, 0.2) is 45.7 Å². The summed E-state index contributed by atoms with van der Waals surface area (Å²) in [6.45, 7) is 2.00. The van der Waals surface area contributed by atoms with E-state index in [4.69, 9.17) is 4.42 Å². The van der Waals surface area contributed by atoms with E-state index in [9.17, 15) is 4.79 Å². The molecule has 82 valence electrons. The summed E-state index contributed by atoms with van der Waals surface area (Å²) in [6, 6.07) is 7.54. The Morgan fingerprint density at radius 1 is 1.38 bits per heavy atom. The maximum Gasteiger partial charge on any atom is 0.168 e. The number of hydrogen-bond acceptors (Lipinski definition) is 2. The van der Waals surface area contributed by atoms with Crippen LogP contribution in [-0.4, -0.2) is 5.78 Å². The van der Waals surface area contributed by atoms with Crippen LogP contribution in [0.2, 0.25) is 0 Å². The quantitative estimate of drug-likeness (QED) is 0.800. The highest BCUT2D eigenvalue weighted by atomic mass is 79.9. The molecule has 0 aliphatic carbocycles. The summed E-state index contributed by atoms with van der Waals surface area (Å²) in [5.41, 5.74) is 2.75. The van der Waals surface area contributed by atoms with E-state index in [2.05, 4.69) is 15.9 Å². The van der Waals surface area contributed by atoms with Crippen LogP contribution < -0.4 is 0 Å². The molecule has 2 rings (SSSR count). The summed E-state index contributed by atoms with van der Waals surface area (Å²) in [6.07, 6.45) is 3.55. The van der Waals surface area contributed by atoms with E-state index in [0.29, 0.717) is 12.0 Å². The molecule has 16 heavy (non-hydrogen) atoms. The molecular weight excluding hydrogens is 268 g/mol. The third kappa shape index (κ3) is 2.42. The number of furan rings is 1. The van der Waals surface area contributed by atoms with E-state index in [1.165, 1.54) is 0 Å². The fourth-order valence-corrected chi connectivity index (χ4v) is 2.23. The first-order valence-electron chi connectivity index (χ1n) is 4.97. The maximum atomic E-state index is 12.0. The number of carbonyl (C=O) groups is 1. The Kier molecular flexibility index (Phi) is 3.25. The Hall–Kier alpha value is -1.35. The topological polar surface area (TPSA) is 30.2 Å². The molecule has 0 aliphatic heterocycles. The number of aryl methyl sites for hydroxylation is 1. The zero-order valence-corrected chi connectivity index (χ0v) is 10.5. The SMILES string of the molecule is Cc1ccc(C(=O)Cc2ccoc2)c(Br)c1. The van der Waals surface area contributed by atoms with Crippen molar-refractivity contribution in [3.8, 4) is 0 Å². The molecule has 0 bridgehead atoms. The van der Waals surface area contributed by atoms with E-state index >= 15 is 0 Å². The molecule has 0 saturated carbocycles. The lowest BCUT2D eigenvalue weighted by molar-refractivity contribution is 0.0992. The van der Waals surface area contributed by atoms with Gasteiger partial charge in [0.15, 0.2) is 5.78 Å². The third-order valence-corrected chi connectivity index (χ3v) is 3.03. The molecule has 0 fully saturated rings. The van der Waals surface area contributed by atoms with E-state index < -0.39 is 0 Å². The highest BCUT2D eigenvalue weighted by molar-refractivity contribution is 9.10. The summed E-state index contributed by atoms with van der Waals surface area (Å²) in [7, 11) is 0. The molecule has 1 aromatic carbocycles. The summed E-state index contributed by atoms with van der Waals surface area (Å²) in [5, 5.41) is 0. The lowest BCUT2D eigenvalue weighted by Crippen LogP contribution is -2.03. The molecular formula is C13H11BrO2. The Bertz CT molecular complexity index is 501. The van der Waals surface area contributed by atoms with Crippen molar-refractivity contribution in [3.05, 3.63) is 58.0 Å². The highest BCUT2D eigenvalue weighted by Crippen LogP contribution is 2.20. The largest absolute Gasteiger partial charge is 0.472 e. The number of rotatable bonds is 3. The van der Waals surface area contributed by atoms with Gasteiger partial charge in [-0.15, -0.1) is 0 Å². The van der Waals surface area contributed by atoms with Crippen LogP contribution in [-0.2, 0) is 6.42 Å². The predicted octanol–water partition coefficient (Wildman–Crippen LogP) is 3.78. The molecule has 2 nitrogen and oxygen atoms in total. The van der Waals surface area contributed by atoms with Crippen LogP contribution in [0.4, 0.5) is 0 Å². The van der Waals surface area contributed by atoms with Gasteiger partial charge in [0.1, 0.15) is 0 Å². The van der Waals surface area contributed by atoms with Crippen LogP contribution >= 0.6 is 15.9 Å². The summed E-state index contributed by atoms with van der Waals surface area (Å²) >= 11 is 3.41. The predicted molar refractivity (Wildman–Crippen MR) is 65.6 cm³/mol. The molecule has 0 atom stereocenters. The van der Waals surface area contributed by atoms with Crippen LogP contribution in [0.1, 0.15) is 21.5 Å². The van der Waals surface area contributed by atoms with Crippen LogP contribution in [0.3, 0.4) is 0 Å². The fourth-order valence-electron chi connectivity index (χ4n) is 1.52. The second kappa shape index (κ2) is 4.66. The number of benzene rings is 1. The van der Waals surface area contributed by atoms with Gasteiger partial charge in [0, 0.05) is 16.5 Å². The zero-order chi connectivity index (χ0) is 11.5. The first-order valence-corrected chi connectivity index (χ1v) is 5.76. The minimum absolute atomic E-state index is 0.0910. The molecule has 0 radical (unpaired) electrons. The normalized spacial score (nSPS) is 10.4. The number of Topliss-reactive ketones (excluding diaryl/α,β-unsaturated/α-hetero) is 1. The van der Waals surface area contributed by atoms with Crippen LogP contribution in [0.5, 0.6) is 0 Å². The molecule has 0 saturated heterocycles. The molecule has 1 heterocycles. The third-order valence-electron chi connectivity index (χ3n) is 2.37. The van der Waals surface area contributed by atoms with Gasteiger partial charge in [-0.1, -0.05) is 22.0 Å². The lowest BCUT2D eigenvalue weighted by atomic mass is 10.0. The van der Waals surface area contributed by atoms with E-state index in [-0.39, 0.29) is 5.78 Å². The molecule has 0 unspecified atom stereocenters. The number of hydrogen-bond donors (Lipinski definition) is 0. The Morgan fingerprint density at radius 3 is 2.81 bits per heavy atom. The van der Waals surface area contributed by atoms with Gasteiger partial charge in [0.2, 0.25) is 0 Å². The Balaban J connectivity index is 2.21. The van der Waals surface area contributed by atoms with Crippen molar-refractivity contribution in [2.45, 2.75) is 13.3 Å². The number of carbonyl (C=O) groups excluding carboxylic acids is 1. The zero-order valence-electron chi connectivity index (χ0n) is 8.87. The molecule has 3 heteroatoms. The van der Waals surface area contributed by atoms with E-state index in [1.54, 1.807) is 18.6 Å². The first-order chi connectivity index (χ1) is 7.66. The summed E-state index contributed by atoms with van der Waals surface area (Å²) in [5.74, 6) is 0.0910. The monoisotopic (exact) mass is 278 g/mol. The molecule has 0 amide bonds. The summed E-state index contributed by atoms with van der Waals surface area (Å²) < 4.78 is 5.78. The minimum atomic E-state index is 0.0910. The van der Waals surface area contributed by atoms with E-state index in [0.717, 1.165) is 15.6 Å². The average Bonchev–Trinajstić information content (AvgIpc) is 2.70. The van der Waals surface area contributed by atoms with Gasteiger partial charge < -0.3 is 4.42 Å². The van der Waals surface area contributed by atoms with Gasteiger partial charge in [-0.3, -0.25) is 4.79 Å². The molecule has 2 aromatic rings. The maximum absolute atomic E-state index is 12.0. The van der Waals surface area contributed by atoms with E-state index in [1.807, 2.05) is 25.1 Å². The van der Waals surface area contributed by atoms with Gasteiger partial charge in [0.05, 0.1) is 12.5 Å².